The molecule has 0 aromatic carbocycles. The van der Waals surface area contributed by atoms with Gasteiger partial charge in [-0.2, -0.15) is 0 Å². The normalized spacial score (nSPS) is 9.30. The van der Waals surface area contributed by atoms with Gasteiger partial charge in [0.2, 0.25) is 5.91 Å². The quantitative estimate of drug-likeness (QED) is 0.573. The van der Waals surface area contributed by atoms with Crippen molar-refractivity contribution in [3.05, 3.63) is 0 Å². The predicted octanol–water partition coefficient (Wildman–Crippen LogP) is 0.945. The van der Waals surface area contributed by atoms with Gasteiger partial charge in [-0.05, 0) is 6.42 Å². The summed E-state index contributed by atoms with van der Waals surface area (Å²) in [5.41, 5.74) is 6.53. The fraction of sp³-hybridized carbons (Fsp3) is 0.714. The van der Waals surface area contributed by atoms with E-state index in [1.807, 2.05) is 0 Å². The van der Waals surface area contributed by atoms with E-state index in [2.05, 4.69) is 0 Å². The van der Waals surface area contributed by atoms with E-state index < -0.39 is 5.91 Å². The standard InChI is InChI=1S/C7H12NO2/c1-2-6(9)4-3-5-7(8)10/h8H,2-5H2,1H3. The Bertz CT molecular complexity index is 132. The smallest absolute Gasteiger partial charge is 0.238 e. The van der Waals surface area contributed by atoms with Crippen molar-refractivity contribution in [3.8, 4) is 0 Å². The number of hydrogen-bond acceptors (Lipinski definition) is 2. The second-order valence-corrected chi connectivity index (χ2v) is 2.17. The van der Waals surface area contributed by atoms with Crippen molar-refractivity contribution in [3.63, 3.8) is 0 Å². The minimum Gasteiger partial charge on any atom is -0.300 e. The zero-order valence-corrected chi connectivity index (χ0v) is 6.14. The monoisotopic (exact) mass is 142 g/mol. The van der Waals surface area contributed by atoms with Crippen LogP contribution in [0.25, 0.3) is 0 Å². The summed E-state index contributed by atoms with van der Waals surface area (Å²) < 4.78 is 0. The molecule has 0 aliphatic rings. The number of ketones is 1. The average molecular weight is 142 g/mol. The SMILES string of the molecule is CCC(=O)CCCC([NH])=O. The van der Waals surface area contributed by atoms with E-state index in [4.69, 9.17) is 5.73 Å². The lowest BCUT2D eigenvalue weighted by atomic mass is 10.1. The summed E-state index contributed by atoms with van der Waals surface area (Å²) >= 11 is 0. The Kier molecular flexibility index (Phi) is 4.54. The second kappa shape index (κ2) is 4.97. The van der Waals surface area contributed by atoms with Crippen molar-refractivity contribution >= 4 is 11.7 Å². The highest BCUT2D eigenvalue weighted by Gasteiger charge is 1.99. The van der Waals surface area contributed by atoms with Crippen molar-refractivity contribution in [1.29, 1.82) is 0 Å². The number of carbonyl (C=O) groups is 2. The first-order valence-electron chi connectivity index (χ1n) is 3.43. The van der Waals surface area contributed by atoms with Crippen LogP contribution in [-0.2, 0) is 9.59 Å². The molecule has 0 saturated carbocycles. The maximum Gasteiger partial charge on any atom is 0.238 e. The van der Waals surface area contributed by atoms with Gasteiger partial charge in [-0.3, -0.25) is 15.3 Å². The van der Waals surface area contributed by atoms with Gasteiger partial charge in [0.15, 0.2) is 0 Å². The Balaban J connectivity index is 3.20. The third kappa shape index (κ3) is 5.28. The van der Waals surface area contributed by atoms with E-state index in [9.17, 15) is 9.59 Å². The second-order valence-electron chi connectivity index (χ2n) is 2.17. The van der Waals surface area contributed by atoms with E-state index in [1.165, 1.54) is 0 Å². The Hall–Kier alpha value is -0.860. The molecule has 10 heavy (non-hydrogen) atoms. The molecule has 3 nitrogen and oxygen atoms in total. The number of amides is 1. The lowest BCUT2D eigenvalue weighted by molar-refractivity contribution is -0.120. The summed E-state index contributed by atoms with van der Waals surface area (Å²) in [6.07, 6.45) is 1.73. The molecule has 0 atom stereocenters. The van der Waals surface area contributed by atoms with Crippen LogP contribution < -0.4 is 5.73 Å². The molecular weight excluding hydrogens is 130 g/mol. The van der Waals surface area contributed by atoms with Crippen molar-refractivity contribution < 1.29 is 9.59 Å². The molecule has 57 valence electrons. The lowest BCUT2D eigenvalue weighted by Crippen LogP contribution is -2.00. The summed E-state index contributed by atoms with van der Waals surface area (Å²) in [7, 11) is 0. The third-order valence-corrected chi connectivity index (χ3v) is 1.25. The third-order valence-electron chi connectivity index (χ3n) is 1.25. The number of rotatable bonds is 5. The molecule has 0 aromatic rings. The fourth-order valence-electron chi connectivity index (χ4n) is 0.623. The van der Waals surface area contributed by atoms with Crippen LogP contribution in [0, 0.1) is 0 Å². The minimum atomic E-state index is -0.580. The van der Waals surface area contributed by atoms with E-state index >= 15 is 0 Å². The molecule has 1 radical (unpaired) electrons. The first-order chi connectivity index (χ1) is 4.66. The largest absolute Gasteiger partial charge is 0.300 e. The van der Waals surface area contributed by atoms with E-state index in [-0.39, 0.29) is 12.2 Å². The Labute approximate surface area is 60.6 Å². The van der Waals surface area contributed by atoms with Gasteiger partial charge in [-0.25, -0.2) is 0 Å². The van der Waals surface area contributed by atoms with Crippen molar-refractivity contribution in [2.24, 2.45) is 0 Å². The van der Waals surface area contributed by atoms with Crippen LogP contribution >= 0.6 is 0 Å². The molecule has 0 unspecified atom stereocenters. The highest BCUT2D eigenvalue weighted by molar-refractivity contribution is 5.79. The molecule has 0 bridgehead atoms. The molecule has 0 fully saturated rings. The van der Waals surface area contributed by atoms with Gasteiger partial charge in [-0.1, -0.05) is 6.92 Å². The summed E-state index contributed by atoms with van der Waals surface area (Å²) in [6.45, 7) is 1.80. The molecule has 0 aliphatic carbocycles. The van der Waals surface area contributed by atoms with Crippen LogP contribution in [0.5, 0.6) is 0 Å². The number of Topliss-reactive ketones (excluding diaryl/α,β-unsaturated/α-hetero) is 1. The van der Waals surface area contributed by atoms with Gasteiger partial charge >= 0.3 is 0 Å². The molecule has 3 heteroatoms. The maximum atomic E-state index is 10.6. The van der Waals surface area contributed by atoms with Crippen LogP contribution in [0.2, 0.25) is 0 Å². The fourth-order valence-corrected chi connectivity index (χ4v) is 0.623. The van der Waals surface area contributed by atoms with Gasteiger partial charge in [0, 0.05) is 19.3 Å². The first kappa shape index (κ1) is 9.14. The average Bonchev–Trinajstić information content (AvgIpc) is 1.87. The molecule has 0 aliphatic heterocycles. The lowest BCUT2D eigenvalue weighted by Gasteiger charge is -1.93. The van der Waals surface area contributed by atoms with Crippen LogP contribution in [0.1, 0.15) is 32.6 Å². The molecular formula is C7H12NO2. The van der Waals surface area contributed by atoms with Crippen LogP contribution in [0.4, 0.5) is 0 Å². The summed E-state index contributed by atoms with van der Waals surface area (Å²) in [5.74, 6) is -0.412. The summed E-state index contributed by atoms with van der Waals surface area (Å²) in [5, 5.41) is 0. The van der Waals surface area contributed by atoms with E-state index in [0.29, 0.717) is 19.3 Å². The molecule has 0 rings (SSSR count). The Morgan fingerprint density at radius 2 is 1.90 bits per heavy atom. The Morgan fingerprint density at radius 3 is 2.30 bits per heavy atom. The van der Waals surface area contributed by atoms with Crippen molar-refractivity contribution in [2.75, 3.05) is 0 Å². The summed E-state index contributed by atoms with van der Waals surface area (Å²) in [4.78, 5) is 20.7. The maximum absolute atomic E-state index is 10.6. The van der Waals surface area contributed by atoms with E-state index in [0.717, 1.165) is 0 Å². The van der Waals surface area contributed by atoms with Gasteiger partial charge in [0.05, 0.1) is 0 Å². The van der Waals surface area contributed by atoms with Crippen LogP contribution in [0.15, 0.2) is 0 Å². The van der Waals surface area contributed by atoms with Gasteiger partial charge in [0.1, 0.15) is 5.78 Å². The summed E-state index contributed by atoms with van der Waals surface area (Å²) in [6, 6.07) is 0. The minimum absolute atomic E-state index is 0.168. The molecule has 0 spiro atoms. The van der Waals surface area contributed by atoms with Gasteiger partial charge in [0.25, 0.3) is 0 Å². The number of hydrogen-bond donors (Lipinski definition) is 0. The van der Waals surface area contributed by atoms with Gasteiger partial charge < -0.3 is 0 Å². The molecule has 0 saturated heterocycles. The zero-order chi connectivity index (χ0) is 7.98. The highest BCUT2D eigenvalue weighted by atomic mass is 16.1. The van der Waals surface area contributed by atoms with Crippen LogP contribution in [-0.4, -0.2) is 11.7 Å². The predicted molar refractivity (Wildman–Crippen MR) is 37.3 cm³/mol. The van der Waals surface area contributed by atoms with Crippen molar-refractivity contribution in [2.45, 2.75) is 32.6 Å². The molecule has 1 amide bonds. The number of carbonyl (C=O) groups excluding carboxylic acids is 2. The topological polar surface area (TPSA) is 57.9 Å². The highest BCUT2D eigenvalue weighted by Crippen LogP contribution is 1.97. The Morgan fingerprint density at radius 1 is 1.30 bits per heavy atom. The van der Waals surface area contributed by atoms with E-state index in [1.54, 1.807) is 6.92 Å². The van der Waals surface area contributed by atoms with Crippen molar-refractivity contribution in [1.82, 2.24) is 5.73 Å². The zero-order valence-electron chi connectivity index (χ0n) is 6.14. The molecule has 1 N–H and O–H groups in total. The molecule has 0 heterocycles. The first-order valence-corrected chi connectivity index (χ1v) is 3.43. The van der Waals surface area contributed by atoms with Crippen LogP contribution in [0.3, 0.4) is 0 Å². The number of nitrogens with one attached hydrogen (secondary N) is 1. The molecule has 0 aromatic heterocycles. The van der Waals surface area contributed by atoms with Gasteiger partial charge in [-0.15, -0.1) is 0 Å².